The summed E-state index contributed by atoms with van der Waals surface area (Å²) in [6.07, 6.45) is 7.96. The van der Waals surface area contributed by atoms with Gasteiger partial charge in [0.2, 0.25) is 0 Å². The second-order valence-electron chi connectivity index (χ2n) is 5.95. The van der Waals surface area contributed by atoms with Crippen LogP contribution in [0, 0.1) is 0 Å². The standard InChI is InChI=1S/C22H24ClNO3.C2H6/c1-3-5-7-16(4-2)12-13-27-19-9-6-8-18(15-19)24-22(26)20-14-17(23)10-11-21(20)25;1-2/h3,5-11,14-15,25H,4,12-13H2,1-2H3,(H,24,26);1-2H3/b5-3-,16-7+;. The monoisotopic (exact) mass is 415 g/mol. The number of anilines is 1. The van der Waals surface area contributed by atoms with Crippen LogP contribution in [0.5, 0.6) is 11.5 Å². The minimum atomic E-state index is -0.435. The van der Waals surface area contributed by atoms with Crippen LogP contribution in [-0.2, 0) is 0 Å². The van der Waals surface area contributed by atoms with Crippen LogP contribution in [0.15, 0.2) is 66.3 Å². The molecule has 2 aromatic rings. The molecule has 0 radical (unpaired) electrons. The Hall–Kier alpha value is -2.72. The molecule has 0 aliphatic heterocycles. The van der Waals surface area contributed by atoms with Crippen LogP contribution >= 0.6 is 11.6 Å². The highest BCUT2D eigenvalue weighted by molar-refractivity contribution is 6.31. The van der Waals surface area contributed by atoms with Gasteiger partial charge in [0.15, 0.2) is 0 Å². The Balaban J connectivity index is 0.00000204. The van der Waals surface area contributed by atoms with Gasteiger partial charge in [-0.05, 0) is 43.7 Å². The van der Waals surface area contributed by atoms with Crippen molar-refractivity contribution in [3.8, 4) is 11.5 Å². The number of hydrogen-bond acceptors (Lipinski definition) is 3. The molecule has 0 aromatic heterocycles. The molecule has 29 heavy (non-hydrogen) atoms. The molecule has 0 unspecified atom stereocenters. The van der Waals surface area contributed by atoms with E-state index in [4.69, 9.17) is 16.3 Å². The maximum absolute atomic E-state index is 12.4. The molecule has 2 N–H and O–H groups in total. The van der Waals surface area contributed by atoms with Gasteiger partial charge in [-0.25, -0.2) is 0 Å². The van der Waals surface area contributed by atoms with Crippen LogP contribution in [0.4, 0.5) is 5.69 Å². The van der Waals surface area contributed by atoms with Gasteiger partial charge in [0, 0.05) is 23.2 Å². The lowest BCUT2D eigenvalue weighted by Crippen LogP contribution is -2.12. The molecule has 0 atom stereocenters. The molecule has 0 saturated heterocycles. The fraction of sp³-hybridized carbons (Fsp3) is 0.292. The van der Waals surface area contributed by atoms with E-state index in [1.165, 1.54) is 23.8 Å². The molecule has 0 heterocycles. The molecule has 4 nitrogen and oxygen atoms in total. The van der Waals surface area contributed by atoms with Crippen molar-refractivity contribution in [2.24, 2.45) is 0 Å². The Morgan fingerprint density at radius 1 is 1.21 bits per heavy atom. The SMILES string of the molecule is C/C=C\C=C(/CC)CCOc1cccc(NC(=O)c2cc(Cl)ccc2O)c1.CC. The van der Waals surface area contributed by atoms with E-state index in [-0.39, 0.29) is 11.3 Å². The van der Waals surface area contributed by atoms with Gasteiger partial charge in [0.1, 0.15) is 11.5 Å². The lowest BCUT2D eigenvalue weighted by Gasteiger charge is -2.11. The number of allylic oxidation sites excluding steroid dienone is 3. The van der Waals surface area contributed by atoms with Crippen LogP contribution in [0.1, 0.15) is 50.9 Å². The molecule has 5 heteroatoms. The molecule has 0 bridgehead atoms. The minimum Gasteiger partial charge on any atom is -0.507 e. The highest BCUT2D eigenvalue weighted by Crippen LogP contribution is 2.24. The Morgan fingerprint density at radius 3 is 2.66 bits per heavy atom. The van der Waals surface area contributed by atoms with E-state index in [2.05, 4.69) is 18.3 Å². The zero-order chi connectivity index (χ0) is 21.6. The van der Waals surface area contributed by atoms with Crippen molar-refractivity contribution >= 4 is 23.2 Å². The van der Waals surface area contributed by atoms with Crippen molar-refractivity contribution in [2.75, 3.05) is 11.9 Å². The first-order chi connectivity index (χ1) is 14.0. The smallest absolute Gasteiger partial charge is 0.259 e. The number of nitrogens with one attached hydrogen (secondary N) is 1. The minimum absolute atomic E-state index is 0.121. The molecule has 0 saturated carbocycles. The maximum Gasteiger partial charge on any atom is 0.259 e. The van der Waals surface area contributed by atoms with E-state index in [9.17, 15) is 9.90 Å². The van der Waals surface area contributed by atoms with Gasteiger partial charge in [-0.3, -0.25) is 4.79 Å². The largest absolute Gasteiger partial charge is 0.507 e. The van der Waals surface area contributed by atoms with Gasteiger partial charge in [0.25, 0.3) is 5.91 Å². The van der Waals surface area contributed by atoms with Crippen molar-refractivity contribution < 1.29 is 14.6 Å². The number of rotatable bonds is 8. The first-order valence-electron chi connectivity index (χ1n) is 9.87. The number of carbonyl (C=O) groups is 1. The van der Waals surface area contributed by atoms with Gasteiger partial charge in [-0.1, -0.05) is 62.2 Å². The van der Waals surface area contributed by atoms with E-state index in [0.29, 0.717) is 23.1 Å². The second-order valence-corrected chi connectivity index (χ2v) is 6.38. The topological polar surface area (TPSA) is 58.6 Å². The molecule has 2 rings (SSSR count). The number of halogens is 1. The van der Waals surface area contributed by atoms with Crippen molar-refractivity contribution in [3.05, 3.63) is 76.9 Å². The fourth-order valence-electron chi connectivity index (χ4n) is 2.46. The normalized spacial score (nSPS) is 11.0. The molecule has 2 aromatic carbocycles. The highest BCUT2D eigenvalue weighted by atomic mass is 35.5. The molecule has 0 aliphatic carbocycles. The Labute approximate surface area is 178 Å². The van der Waals surface area contributed by atoms with Crippen LogP contribution in [0.3, 0.4) is 0 Å². The molecule has 1 amide bonds. The Kier molecular flexibility index (Phi) is 11.3. The van der Waals surface area contributed by atoms with E-state index in [1.54, 1.807) is 18.2 Å². The van der Waals surface area contributed by atoms with E-state index < -0.39 is 5.91 Å². The van der Waals surface area contributed by atoms with Crippen LogP contribution < -0.4 is 10.1 Å². The van der Waals surface area contributed by atoms with Gasteiger partial charge in [-0.15, -0.1) is 0 Å². The molecule has 156 valence electrons. The lowest BCUT2D eigenvalue weighted by atomic mass is 10.1. The number of aromatic hydroxyl groups is 1. The summed E-state index contributed by atoms with van der Waals surface area (Å²) in [7, 11) is 0. The zero-order valence-electron chi connectivity index (χ0n) is 17.5. The molecule has 0 spiro atoms. The van der Waals surface area contributed by atoms with Crippen molar-refractivity contribution in [1.82, 2.24) is 0 Å². The first kappa shape index (κ1) is 24.3. The van der Waals surface area contributed by atoms with E-state index >= 15 is 0 Å². The maximum atomic E-state index is 12.4. The molecular formula is C24H30ClNO3. The van der Waals surface area contributed by atoms with Crippen LogP contribution in [0.2, 0.25) is 5.02 Å². The van der Waals surface area contributed by atoms with Crippen LogP contribution in [0.25, 0.3) is 0 Å². The zero-order valence-corrected chi connectivity index (χ0v) is 18.3. The van der Waals surface area contributed by atoms with Gasteiger partial charge in [-0.2, -0.15) is 0 Å². The second kappa shape index (κ2) is 13.5. The number of hydrogen-bond donors (Lipinski definition) is 2. The third kappa shape index (κ3) is 8.44. The van der Waals surface area contributed by atoms with Gasteiger partial charge >= 0.3 is 0 Å². The summed E-state index contributed by atoms with van der Waals surface area (Å²) in [6.45, 7) is 8.67. The summed E-state index contributed by atoms with van der Waals surface area (Å²) in [5.74, 6) is 0.114. The highest BCUT2D eigenvalue weighted by Gasteiger charge is 2.12. The number of ether oxygens (including phenoxy) is 1. The first-order valence-corrected chi connectivity index (χ1v) is 10.2. The predicted molar refractivity (Wildman–Crippen MR) is 122 cm³/mol. The van der Waals surface area contributed by atoms with E-state index in [0.717, 1.165) is 12.8 Å². The predicted octanol–water partition coefficient (Wildman–Crippen LogP) is 7.01. The molecular weight excluding hydrogens is 386 g/mol. The Morgan fingerprint density at radius 2 is 1.97 bits per heavy atom. The Bertz CT molecular complexity index is 844. The summed E-state index contributed by atoms with van der Waals surface area (Å²) >= 11 is 5.90. The van der Waals surface area contributed by atoms with Crippen LogP contribution in [-0.4, -0.2) is 17.6 Å². The average molecular weight is 416 g/mol. The fourth-order valence-corrected chi connectivity index (χ4v) is 2.63. The lowest BCUT2D eigenvalue weighted by molar-refractivity contribution is 0.102. The van der Waals surface area contributed by atoms with E-state index in [1.807, 2.05) is 39.0 Å². The number of benzene rings is 2. The van der Waals surface area contributed by atoms with Crippen molar-refractivity contribution in [2.45, 2.75) is 40.5 Å². The number of phenols is 1. The molecule has 0 aliphatic rings. The summed E-state index contributed by atoms with van der Waals surface area (Å²) in [6, 6.07) is 11.5. The summed E-state index contributed by atoms with van der Waals surface area (Å²) in [5.41, 5.74) is 2.02. The van der Waals surface area contributed by atoms with Crippen molar-refractivity contribution in [3.63, 3.8) is 0 Å². The summed E-state index contributed by atoms with van der Waals surface area (Å²) in [4.78, 5) is 12.4. The average Bonchev–Trinajstić information content (AvgIpc) is 2.74. The van der Waals surface area contributed by atoms with Gasteiger partial charge in [0.05, 0.1) is 12.2 Å². The number of amides is 1. The number of carbonyl (C=O) groups excluding carboxylic acids is 1. The quantitative estimate of drug-likeness (QED) is 0.456. The van der Waals surface area contributed by atoms with Gasteiger partial charge < -0.3 is 15.2 Å². The third-order valence-corrected chi connectivity index (χ3v) is 4.20. The summed E-state index contributed by atoms with van der Waals surface area (Å²) < 4.78 is 5.80. The third-order valence-electron chi connectivity index (χ3n) is 3.97. The molecule has 0 fully saturated rings. The van der Waals surface area contributed by atoms with Crippen molar-refractivity contribution in [1.29, 1.82) is 0 Å². The summed E-state index contributed by atoms with van der Waals surface area (Å²) in [5, 5.41) is 13.0. The number of phenolic OH excluding ortho intramolecular Hbond substituents is 1.